The predicted molar refractivity (Wildman–Crippen MR) is 92.7 cm³/mol. The van der Waals surface area contributed by atoms with Crippen LogP contribution in [0.1, 0.15) is 24.3 Å². The van der Waals surface area contributed by atoms with Gasteiger partial charge in [0.1, 0.15) is 11.5 Å². The maximum absolute atomic E-state index is 13.0. The highest BCUT2D eigenvalue weighted by molar-refractivity contribution is 6.00. The first-order valence-electron chi connectivity index (χ1n) is 8.32. The minimum absolute atomic E-state index is 0.0632. The van der Waals surface area contributed by atoms with Gasteiger partial charge in [-0.1, -0.05) is 18.2 Å². The first-order valence-corrected chi connectivity index (χ1v) is 8.32. The van der Waals surface area contributed by atoms with Gasteiger partial charge in [0.2, 0.25) is 5.91 Å². The van der Waals surface area contributed by atoms with Crippen LogP contribution >= 0.6 is 0 Å². The molecule has 2 bridgehead atoms. The van der Waals surface area contributed by atoms with Crippen LogP contribution < -0.4 is 14.4 Å². The Morgan fingerprint density at radius 3 is 2.29 bits per heavy atom. The number of ether oxygens (including phenoxy) is 2. The van der Waals surface area contributed by atoms with Crippen LogP contribution in [0.2, 0.25) is 0 Å². The molecule has 0 N–H and O–H groups in total. The molecule has 1 heterocycles. The first-order chi connectivity index (χ1) is 11.7. The molecule has 2 fully saturated rings. The van der Waals surface area contributed by atoms with Crippen LogP contribution in [0.3, 0.4) is 0 Å². The monoisotopic (exact) mass is 323 g/mol. The lowest BCUT2D eigenvalue weighted by atomic mass is 9.86. The highest BCUT2D eigenvalue weighted by Crippen LogP contribution is 2.50. The molecule has 1 amide bonds. The molecule has 2 aromatic rings. The standard InChI is InChI=1S/C20H21NO3/c1-23-16-7-3-5-13(9-16)18-11-15-12-19(18)20(22)21(15)14-6-4-8-17(10-14)24-2/h3-10,15,18-19H,11-12H2,1-2H3/t15-,18+,19-/m1/s1. The number of carbonyl (C=O) groups is 1. The van der Waals surface area contributed by atoms with Gasteiger partial charge < -0.3 is 14.4 Å². The quantitative estimate of drug-likeness (QED) is 0.863. The van der Waals surface area contributed by atoms with E-state index < -0.39 is 0 Å². The Bertz CT molecular complexity index is 773. The smallest absolute Gasteiger partial charge is 0.231 e. The molecule has 1 saturated heterocycles. The van der Waals surface area contributed by atoms with Gasteiger partial charge in [0.25, 0.3) is 0 Å². The van der Waals surface area contributed by atoms with E-state index in [4.69, 9.17) is 9.47 Å². The van der Waals surface area contributed by atoms with Crippen LogP contribution in [0, 0.1) is 5.92 Å². The number of fused-ring (bicyclic) bond motifs is 2. The Kier molecular flexibility index (Phi) is 3.68. The molecule has 4 heteroatoms. The van der Waals surface area contributed by atoms with Crippen molar-refractivity contribution in [3.05, 3.63) is 54.1 Å². The van der Waals surface area contributed by atoms with Gasteiger partial charge in [0.15, 0.2) is 0 Å². The number of carbonyl (C=O) groups excluding carboxylic acids is 1. The van der Waals surface area contributed by atoms with Gasteiger partial charge in [0.05, 0.1) is 14.2 Å². The summed E-state index contributed by atoms with van der Waals surface area (Å²) in [7, 11) is 3.32. The second-order valence-electron chi connectivity index (χ2n) is 6.52. The van der Waals surface area contributed by atoms with Crippen molar-refractivity contribution in [1.82, 2.24) is 0 Å². The number of hydrogen-bond acceptors (Lipinski definition) is 3. The molecule has 1 saturated carbocycles. The fourth-order valence-electron chi connectivity index (χ4n) is 4.19. The summed E-state index contributed by atoms with van der Waals surface area (Å²) < 4.78 is 10.6. The Morgan fingerprint density at radius 2 is 1.58 bits per heavy atom. The lowest BCUT2D eigenvalue weighted by Crippen LogP contribution is -2.39. The molecular weight excluding hydrogens is 302 g/mol. The minimum atomic E-state index is 0.0632. The van der Waals surface area contributed by atoms with Crippen molar-refractivity contribution in [2.24, 2.45) is 5.92 Å². The number of rotatable bonds is 4. The second-order valence-corrected chi connectivity index (χ2v) is 6.52. The van der Waals surface area contributed by atoms with Gasteiger partial charge in [-0.15, -0.1) is 0 Å². The normalized spacial score (nSPS) is 25.2. The molecule has 1 aliphatic carbocycles. The van der Waals surface area contributed by atoms with Crippen LogP contribution in [0.5, 0.6) is 11.5 Å². The summed E-state index contributed by atoms with van der Waals surface area (Å²) in [5.41, 5.74) is 2.15. The van der Waals surface area contributed by atoms with E-state index in [9.17, 15) is 4.79 Å². The summed E-state index contributed by atoms with van der Waals surface area (Å²) in [6.07, 6.45) is 1.93. The van der Waals surface area contributed by atoms with Gasteiger partial charge in [-0.2, -0.15) is 0 Å². The Morgan fingerprint density at radius 1 is 0.917 bits per heavy atom. The lowest BCUT2D eigenvalue weighted by Gasteiger charge is -2.32. The number of anilines is 1. The van der Waals surface area contributed by atoms with Gasteiger partial charge in [-0.05, 0) is 48.6 Å². The lowest BCUT2D eigenvalue weighted by molar-refractivity contribution is -0.121. The Balaban J connectivity index is 1.60. The number of methoxy groups -OCH3 is 2. The van der Waals surface area contributed by atoms with E-state index in [2.05, 4.69) is 12.1 Å². The van der Waals surface area contributed by atoms with Crippen LogP contribution in [0.15, 0.2) is 48.5 Å². The molecule has 2 aliphatic rings. The molecule has 2 aromatic carbocycles. The van der Waals surface area contributed by atoms with E-state index in [1.54, 1.807) is 14.2 Å². The molecule has 1 aliphatic heterocycles. The number of benzene rings is 2. The largest absolute Gasteiger partial charge is 0.497 e. The van der Waals surface area contributed by atoms with Gasteiger partial charge in [-0.3, -0.25) is 4.79 Å². The minimum Gasteiger partial charge on any atom is -0.497 e. The SMILES string of the molecule is COc1cccc([C@@H]2C[C@@H]3C[C@H]2C(=O)N3c2cccc(OC)c2)c1. The van der Waals surface area contributed by atoms with Crippen LogP contribution in [-0.2, 0) is 4.79 Å². The van der Waals surface area contributed by atoms with Gasteiger partial charge in [0, 0.05) is 23.7 Å². The van der Waals surface area contributed by atoms with Crippen molar-refractivity contribution in [1.29, 1.82) is 0 Å². The first kappa shape index (κ1) is 15.1. The van der Waals surface area contributed by atoms with Crippen molar-refractivity contribution in [3.63, 3.8) is 0 Å². The van der Waals surface area contributed by atoms with Crippen molar-refractivity contribution >= 4 is 11.6 Å². The van der Waals surface area contributed by atoms with Gasteiger partial charge >= 0.3 is 0 Å². The number of hydrogen-bond donors (Lipinski definition) is 0. The molecule has 3 atom stereocenters. The van der Waals surface area contributed by atoms with E-state index in [1.165, 1.54) is 5.56 Å². The fourth-order valence-corrected chi connectivity index (χ4v) is 4.19. The van der Waals surface area contributed by atoms with Crippen LogP contribution in [-0.4, -0.2) is 26.2 Å². The molecule has 0 spiro atoms. The molecule has 24 heavy (non-hydrogen) atoms. The average molecular weight is 323 g/mol. The third-order valence-corrected chi connectivity index (χ3v) is 5.31. The van der Waals surface area contributed by atoms with Gasteiger partial charge in [-0.25, -0.2) is 0 Å². The topological polar surface area (TPSA) is 38.8 Å². The van der Waals surface area contributed by atoms with Crippen molar-refractivity contribution in [2.75, 3.05) is 19.1 Å². The Hall–Kier alpha value is -2.49. The number of piperidine rings is 1. The summed E-state index contributed by atoms with van der Waals surface area (Å²) in [4.78, 5) is 14.9. The molecule has 0 radical (unpaired) electrons. The molecule has 4 rings (SSSR count). The summed E-state index contributed by atoms with van der Waals surface area (Å²) in [6.45, 7) is 0. The number of amides is 1. The van der Waals surface area contributed by atoms with Crippen LogP contribution in [0.4, 0.5) is 5.69 Å². The predicted octanol–water partition coefficient (Wildman–Crippen LogP) is 3.61. The maximum atomic E-state index is 13.0. The molecular formula is C20H21NO3. The summed E-state index contributed by atoms with van der Waals surface area (Å²) in [6, 6.07) is 16.2. The van der Waals surface area contributed by atoms with E-state index in [0.717, 1.165) is 30.0 Å². The summed E-state index contributed by atoms with van der Waals surface area (Å²) in [5, 5.41) is 0. The third-order valence-electron chi connectivity index (χ3n) is 5.31. The summed E-state index contributed by atoms with van der Waals surface area (Å²) >= 11 is 0. The molecule has 0 aromatic heterocycles. The average Bonchev–Trinajstić information content (AvgIpc) is 3.20. The van der Waals surface area contributed by atoms with E-state index >= 15 is 0 Å². The van der Waals surface area contributed by atoms with Crippen molar-refractivity contribution in [3.8, 4) is 11.5 Å². The highest BCUT2D eigenvalue weighted by Gasteiger charge is 2.51. The third kappa shape index (κ3) is 2.33. The van der Waals surface area contributed by atoms with Crippen molar-refractivity contribution in [2.45, 2.75) is 24.8 Å². The molecule has 124 valence electrons. The van der Waals surface area contributed by atoms with E-state index in [0.29, 0.717) is 5.92 Å². The second kappa shape index (κ2) is 5.86. The summed E-state index contributed by atoms with van der Waals surface area (Å²) in [5.74, 6) is 2.22. The fraction of sp³-hybridized carbons (Fsp3) is 0.350. The van der Waals surface area contributed by atoms with E-state index in [-0.39, 0.29) is 17.9 Å². The van der Waals surface area contributed by atoms with E-state index in [1.807, 2.05) is 41.3 Å². The highest BCUT2D eigenvalue weighted by atomic mass is 16.5. The Labute approximate surface area is 142 Å². The molecule has 4 nitrogen and oxygen atoms in total. The maximum Gasteiger partial charge on any atom is 0.231 e. The van der Waals surface area contributed by atoms with Crippen molar-refractivity contribution < 1.29 is 14.3 Å². The number of nitrogens with zero attached hydrogens (tertiary/aromatic N) is 1. The zero-order valence-electron chi connectivity index (χ0n) is 13.9. The van der Waals surface area contributed by atoms with Crippen LogP contribution in [0.25, 0.3) is 0 Å². The molecule has 0 unspecified atom stereocenters. The zero-order valence-corrected chi connectivity index (χ0v) is 13.9. The zero-order chi connectivity index (χ0) is 16.7.